The Bertz CT molecular complexity index is 1340. The Morgan fingerprint density at radius 3 is 0.636 bits per heavy atom. The van der Waals surface area contributed by atoms with Gasteiger partial charge in [-0.25, -0.2) is 52.7 Å². The third-order valence-electron chi connectivity index (χ3n) is 7.25. The minimum atomic E-state index is -4.01. The second-order valence-corrected chi connectivity index (χ2v) is 9.54. The van der Waals surface area contributed by atoms with E-state index in [-0.39, 0.29) is 48.5 Å². The van der Waals surface area contributed by atoms with Crippen molar-refractivity contribution in [3.05, 3.63) is 118 Å². The Balaban J connectivity index is 0.000000676. The van der Waals surface area contributed by atoms with E-state index in [9.17, 15) is 52.7 Å². The summed E-state index contributed by atoms with van der Waals surface area (Å²) in [4.78, 5) is 0. The number of rotatable bonds is 7. The van der Waals surface area contributed by atoms with Crippen LogP contribution in [0.15, 0.2) is 48.5 Å². The molecule has 0 aliphatic heterocycles. The Hall–Kier alpha value is -3.94. The van der Waals surface area contributed by atoms with Crippen LogP contribution in [-0.4, -0.2) is 26.0 Å². The lowest BCUT2D eigenvalue weighted by Gasteiger charge is -2.44. The van der Waals surface area contributed by atoms with Gasteiger partial charge in [-0.2, -0.15) is 21.9 Å². The number of benzene rings is 4. The first kappa shape index (κ1) is 34.6. The molecule has 0 unspecified atom stereocenters. The lowest BCUT2D eigenvalue weighted by atomic mass is 9.13. The van der Waals surface area contributed by atoms with Gasteiger partial charge in [-0.3, -0.25) is 0 Å². The smallest absolute Gasteiger partial charge is 0.194 e. The molecule has 0 N–H and O–H groups in total. The summed E-state index contributed by atoms with van der Waals surface area (Å²) in [5, 5.41) is 0. The fourth-order valence-corrected chi connectivity index (χ4v) is 5.07. The second-order valence-electron chi connectivity index (χ2n) is 9.54. The fourth-order valence-electron chi connectivity index (χ4n) is 5.07. The van der Waals surface area contributed by atoms with Crippen molar-refractivity contribution >= 4 is 28.0 Å². The highest BCUT2D eigenvalue weighted by Gasteiger charge is 2.37. The van der Waals surface area contributed by atoms with Crippen LogP contribution in [0.25, 0.3) is 0 Å². The molecule has 0 spiro atoms. The summed E-state index contributed by atoms with van der Waals surface area (Å²) in [6.07, 6.45) is -4.01. The highest BCUT2D eigenvalue weighted by molar-refractivity contribution is 7.19. The first-order chi connectivity index (χ1) is 20.6. The van der Waals surface area contributed by atoms with E-state index >= 15 is 0 Å². The minimum Gasteiger partial charge on any atom is -0.422 e. The molecule has 0 aliphatic carbocycles. The summed E-state index contributed by atoms with van der Waals surface area (Å²) in [6.45, 7) is 9.76. The van der Waals surface area contributed by atoms with Gasteiger partial charge in [0.25, 0.3) is 0 Å². The summed E-state index contributed by atoms with van der Waals surface area (Å²) >= 11 is 0. The van der Waals surface area contributed by atoms with Gasteiger partial charge in [-0.1, -0.05) is 48.5 Å². The molecule has 0 bridgehead atoms. The van der Waals surface area contributed by atoms with Crippen molar-refractivity contribution in [1.29, 1.82) is 0 Å². The summed E-state index contributed by atoms with van der Waals surface area (Å²) in [7, 11) is 0. The lowest BCUT2D eigenvalue weighted by Crippen LogP contribution is -2.75. The normalized spacial score (nSPS) is 11.5. The van der Waals surface area contributed by atoms with Gasteiger partial charge in [0, 0.05) is 20.8 Å². The molecule has 0 atom stereocenters. The number of halogens is 12. The second kappa shape index (κ2) is 13.8. The summed E-state index contributed by atoms with van der Waals surface area (Å²) in [5.74, 6) is -24.0. The Kier molecular flexibility index (Phi) is 10.8. The van der Waals surface area contributed by atoms with Crippen LogP contribution in [-0.2, 0) is 4.37 Å². The topological polar surface area (TPSA) is 2.70 Å². The molecule has 0 aromatic heterocycles. The molecule has 1 nitrogen and oxygen atoms in total. The molecule has 236 valence electrons. The average molecular weight is 638 g/mol. The molecule has 4 rings (SSSR count). The standard InChI is InChI=1S/C24H8BF12.C6H15O/c26-13-1-9(2-14(27)21(13)34)25(10-3-15(28)22(35)16(29)4-10,11-5-17(30)23(36)18(31)6-11)12-7-19(32)24(37)20(33)8-12;1-4-7(5-2)6-3/h1-8H;4-6H2,1-3H3/q-1;+1. The molecule has 4 aromatic rings. The highest BCUT2D eigenvalue weighted by atomic mass is 19.2. The van der Waals surface area contributed by atoms with Crippen LogP contribution in [0.2, 0.25) is 0 Å². The maximum absolute atomic E-state index is 14.4. The maximum atomic E-state index is 14.4. The molecule has 14 heteroatoms. The van der Waals surface area contributed by atoms with E-state index in [1.165, 1.54) is 0 Å². The predicted molar refractivity (Wildman–Crippen MR) is 142 cm³/mol. The van der Waals surface area contributed by atoms with Crippen LogP contribution in [0.3, 0.4) is 0 Å². The zero-order valence-corrected chi connectivity index (χ0v) is 23.3. The van der Waals surface area contributed by atoms with Gasteiger partial charge in [0.15, 0.2) is 69.8 Å². The summed E-state index contributed by atoms with van der Waals surface area (Å²) in [6, 6.07) is 1.41. The van der Waals surface area contributed by atoms with E-state index in [4.69, 9.17) is 0 Å². The van der Waals surface area contributed by atoms with Gasteiger partial charge in [0.1, 0.15) is 26.0 Å². The van der Waals surface area contributed by atoms with Crippen molar-refractivity contribution in [3.8, 4) is 0 Å². The number of hydrogen-bond acceptors (Lipinski definition) is 0. The van der Waals surface area contributed by atoms with Gasteiger partial charge >= 0.3 is 0 Å². The third kappa shape index (κ3) is 6.45. The molecule has 0 fully saturated rings. The summed E-state index contributed by atoms with van der Waals surface area (Å²) < 4.78 is 173. The van der Waals surface area contributed by atoms with Gasteiger partial charge < -0.3 is 4.37 Å². The van der Waals surface area contributed by atoms with Crippen molar-refractivity contribution in [1.82, 2.24) is 0 Å². The van der Waals surface area contributed by atoms with Crippen molar-refractivity contribution in [2.45, 2.75) is 20.8 Å². The molecular formula is C30H23BF12O. The van der Waals surface area contributed by atoms with E-state index in [0.717, 1.165) is 19.8 Å². The molecule has 4 aromatic carbocycles. The van der Waals surface area contributed by atoms with Crippen molar-refractivity contribution in [2.75, 3.05) is 19.8 Å². The molecule has 44 heavy (non-hydrogen) atoms. The first-order valence-electron chi connectivity index (χ1n) is 13.0. The lowest BCUT2D eigenvalue weighted by molar-refractivity contribution is -0.119. The van der Waals surface area contributed by atoms with Crippen LogP contribution < -0.4 is 21.9 Å². The first-order valence-corrected chi connectivity index (χ1v) is 13.0. The van der Waals surface area contributed by atoms with E-state index in [1.807, 2.05) is 0 Å². The Morgan fingerprint density at radius 1 is 0.364 bits per heavy atom. The predicted octanol–water partition coefficient (Wildman–Crippen LogP) is 6.33. The monoisotopic (exact) mass is 638 g/mol. The Morgan fingerprint density at radius 2 is 0.523 bits per heavy atom. The van der Waals surface area contributed by atoms with Crippen molar-refractivity contribution in [3.63, 3.8) is 0 Å². The van der Waals surface area contributed by atoms with Crippen molar-refractivity contribution in [2.24, 2.45) is 0 Å². The van der Waals surface area contributed by atoms with Gasteiger partial charge in [0.05, 0.1) is 0 Å². The molecule has 0 saturated heterocycles. The quantitative estimate of drug-likeness (QED) is 0.0964. The average Bonchev–Trinajstić information content (AvgIpc) is 2.97. The molecular weight excluding hydrogens is 615 g/mol. The van der Waals surface area contributed by atoms with Crippen LogP contribution in [0, 0.1) is 69.8 Å². The SMILES string of the molecule is CC[O+](CC)CC.Fc1cc([B-](c2cc(F)c(F)c(F)c2)(c2cc(F)c(F)c(F)c2)c2cc(F)c(F)c(F)c2)cc(F)c1F. The van der Waals surface area contributed by atoms with Gasteiger partial charge in [-0.15, -0.1) is 0 Å². The molecule has 0 aliphatic rings. The zero-order valence-electron chi connectivity index (χ0n) is 23.3. The van der Waals surface area contributed by atoms with Gasteiger partial charge in [-0.05, 0) is 0 Å². The molecule has 0 saturated carbocycles. The fraction of sp³-hybridized carbons (Fsp3) is 0.200. The van der Waals surface area contributed by atoms with Crippen LogP contribution >= 0.6 is 0 Å². The third-order valence-corrected chi connectivity index (χ3v) is 7.25. The highest BCUT2D eigenvalue weighted by Crippen LogP contribution is 2.21. The zero-order chi connectivity index (χ0) is 33.1. The maximum Gasteiger partial charge on any atom is 0.194 e. The van der Waals surface area contributed by atoms with Crippen LogP contribution in [0.5, 0.6) is 0 Å². The van der Waals surface area contributed by atoms with E-state index in [2.05, 4.69) is 25.1 Å². The van der Waals surface area contributed by atoms with E-state index in [0.29, 0.717) is 0 Å². The van der Waals surface area contributed by atoms with E-state index < -0.39 is 97.8 Å². The van der Waals surface area contributed by atoms with E-state index in [1.54, 1.807) is 0 Å². The van der Waals surface area contributed by atoms with Crippen molar-refractivity contribution < 1.29 is 57.1 Å². The largest absolute Gasteiger partial charge is 0.422 e. The minimum absolute atomic E-state index is 0.177. The summed E-state index contributed by atoms with van der Waals surface area (Å²) in [5.41, 5.74) is -3.79. The molecule has 0 radical (unpaired) electrons. The van der Waals surface area contributed by atoms with Gasteiger partial charge in [0.2, 0.25) is 0 Å². The number of hydrogen-bond donors (Lipinski definition) is 0. The van der Waals surface area contributed by atoms with Crippen LogP contribution in [0.1, 0.15) is 20.8 Å². The Labute approximate surface area is 244 Å². The molecule has 0 amide bonds. The van der Waals surface area contributed by atoms with Crippen LogP contribution in [0.4, 0.5) is 52.7 Å². The molecule has 0 heterocycles.